The number of hydrogen-bond acceptors (Lipinski definition) is 4. The quantitative estimate of drug-likeness (QED) is 0.705. The first-order valence-corrected chi connectivity index (χ1v) is 10.8. The van der Waals surface area contributed by atoms with E-state index in [1.807, 2.05) is 4.68 Å². The lowest BCUT2D eigenvalue weighted by atomic mass is 9.79. The van der Waals surface area contributed by atoms with Crippen LogP contribution < -0.4 is 10.6 Å². The van der Waals surface area contributed by atoms with Gasteiger partial charge in [-0.05, 0) is 69.3 Å². The molecule has 0 unspecified atom stereocenters. The molecule has 2 aliphatic rings. The largest absolute Gasteiger partial charge is 0.384 e. The fourth-order valence-electron chi connectivity index (χ4n) is 4.69. The Labute approximate surface area is 185 Å². The Morgan fingerprint density at radius 2 is 1.97 bits per heavy atom. The molecule has 0 bridgehead atoms. The van der Waals surface area contributed by atoms with Crippen LogP contribution in [0.25, 0.3) is 5.69 Å². The summed E-state index contributed by atoms with van der Waals surface area (Å²) in [4.78, 5) is 13.1. The number of amides is 1. The van der Waals surface area contributed by atoms with Crippen molar-refractivity contribution in [3.8, 4) is 5.69 Å². The lowest BCUT2D eigenvalue weighted by Gasteiger charge is -2.37. The molecule has 30 heavy (non-hydrogen) atoms. The second-order valence-corrected chi connectivity index (χ2v) is 8.42. The van der Waals surface area contributed by atoms with Crippen molar-refractivity contribution in [3.63, 3.8) is 0 Å². The number of nitrogens with one attached hydrogen (secondary N) is 2. The van der Waals surface area contributed by atoms with E-state index in [2.05, 4.69) is 41.8 Å². The minimum atomic E-state index is -0.0545. The zero-order valence-corrected chi connectivity index (χ0v) is 18.8. The molecule has 2 heterocycles. The Morgan fingerprint density at radius 1 is 1.23 bits per heavy atom. The van der Waals surface area contributed by atoms with Crippen LogP contribution >= 0.6 is 12.4 Å². The molecule has 1 fully saturated rings. The highest BCUT2D eigenvalue weighted by molar-refractivity contribution is 5.94. The van der Waals surface area contributed by atoms with Crippen LogP contribution in [-0.2, 0) is 24.0 Å². The molecule has 0 saturated carbocycles. The minimum Gasteiger partial charge on any atom is -0.384 e. The third-order valence-corrected chi connectivity index (χ3v) is 6.47. The number of nitrogens with zero attached hydrogens (tertiary/aromatic N) is 2. The van der Waals surface area contributed by atoms with E-state index in [1.54, 1.807) is 7.11 Å². The molecule has 1 saturated heterocycles. The fourth-order valence-corrected chi connectivity index (χ4v) is 4.69. The highest BCUT2D eigenvalue weighted by atomic mass is 35.5. The van der Waals surface area contributed by atoms with Crippen molar-refractivity contribution in [1.29, 1.82) is 0 Å². The van der Waals surface area contributed by atoms with Crippen molar-refractivity contribution < 1.29 is 9.53 Å². The molecular formula is C23H33ClN4O2. The van der Waals surface area contributed by atoms with Gasteiger partial charge in [0, 0.05) is 30.3 Å². The van der Waals surface area contributed by atoms with E-state index < -0.39 is 0 Å². The molecule has 1 aromatic carbocycles. The molecule has 1 aromatic heterocycles. The van der Waals surface area contributed by atoms with Crippen molar-refractivity contribution in [2.75, 3.05) is 33.4 Å². The Hall–Kier alpha value is -1.89. The molecule has 2 N–H and O–H groups in total. The van der Waals surface area contributed by atoms with E-state index in [0.717, 1.165) is 62.9 Å². The van der Waals surface area contributed by atoms with Gasteiger partial charge in [-0.15, -0.1) is 12.4 Å². The highest BCUT2D eigenvalue weighted by Crippen LogP contribution is 2.30. The summed E-state index contributed by atoms with van der Waals surface area (Å²) in [5.41, 5.74) is 5.26. The number of ether oxygens (including phenoxy) is 1. The van der Waals surface area contributed by atoms with Gasteiger partial charge in [0.1, 0.15) is 0 Å². The fraction of sp³-hybridized carbons (Fsp3) is 0.565. The van der Waals surface area contributed by atoms with Gasteiger partial charge >= 0.3 is 0 Å². The number of fused-ring (bicyclic) bond motifs is 1. The number of carbonyl (C=O) groups is 1. The summed E-state index contributed by atoms with van der Waals surface area (Å²) in [6, 6.07) is 8.50. The van der Waals surface area contributed by atoms with E-state index in [1.165, 1.54) is 11.3 Å². The van der Waals surface area contributed by atoms with Crippen LogP contribution in [0.4, 0.5) is 0 Å². The summed E-state index contributed by atoms with van der Waals surface area (Å²) >= 11 is 0. The van der Waals surface area contributed by atoms with Gasteiger partial charge in [0.15, 0.2) is 5.69 Å². The number of rotatable bonds is 7. The third-order valence-electron chi connectivity index (χ3n) is 6.47. The van der Waals surface area contributed by atoms with Crippen molar-refractivity contribution in [3.05, 3.63) is 46.8 Å². The summed E-state index contributed by atoms with van der Waals surface area (Å²) in [5, 5.41) is 11.3. The van der Waals surface area contributed by atoms with Gasteiger partial charge in [0.05, 0.1) is 12.3 Å². The number of aromatic nitrogens is 2. The van der Waals surface area contributed by atoms with Crippen molar-refractivity contribution in [1.82, 2.24) is 20.4 Å². The monoisotopic (exact) mass is 432 g/mol. The maximum atomic E-state index is 13.1. The highest BCUT2D eigenvalue weighted by Gasteiger charge is 2.34. The van der Waals surface area contributed by atoms with E-state index in [4.69, 9.17) is 9.84 Å². The van der Waals surface area contributed by atoms with Crippen molar-refractivity contribution in [2.24, 2.45) is 5.41 Å². The van der Waals surface area contributed by atoms with Gasteiger partial charge in [0.25, 0.3) is 5.91 Å². The standard InChI is InChI=1S/C23H32N4O2.ClH/c1-3-17-7-9-18(10-8-17)27-20-6-4-5-19(20)21(26-27)22(28)25-15-23(16-29-2)11-13-24-14-12-23;/h7-10,24H,3-6,11-16H2,1-2H3,(H,25,28);1H. The van der Waals surface area contributed by atoms with E-state index in [9.17, 15) is 4.79 Å². The van der Waals surface area contributed by atoms with Crippen LogP contribution in [0.2, 0.25) is 0 Å². The lowest BCUT2D eigenvalue weighted by molar-refractivity contribution is 0.0510. The Morgan fingerprint density at radius 3 is 2.63 bits per heavy atom. The third kappa shape index (κ3) is 4.56. The van der Waals surface area contributed by atoms with Crippen LogP contribution in [0, 0.1) is 5.41 Å². The molecule has 0 spiro atoms. The number of hydrogen-bond donors (Lipinski definition) is 2. The normalized spacial score (nSPS) is 17.3. The Bertz CT molecular complexity index is 851. The number of aryl methyl sites for hydroxylation is 1. The number of methoxy groups -OCH3 is 1. The number of piperidine rings is 1. The first kappa shape index (κ1) is 22.8. The van der Waals surface area contributed by atoms with Gasteiger partial charge < -0.3 is 15.4 Å². The minimum absolute atomic E-state index is 0. The first-order chi connectivity index (χ1) is 14.2. The van der Waals surface area contributed by atoms with Crippen molar-refractivity contribution >= 4 is 18.3 Å². The van der Waals surface area contributed by atoms with Crippen molar-refractivity contribution in [2.45, 2.75) is 45.4 Å². The predicted molar refractivity (Wildman–Crippen MR) is 121 cm³/mol. The summed E-state index contributed by atoms with van der Waals surface area (Å²) in [6.45, 7) is 5.40. The SMILES string of the molecule is CCc1ccc(-n2nc(C(=O)NCC3(COC)CCNCC3)c3c2CCC3)cc1.Cl. The Kier molecular flexibility index (Phi) is 7.55. The molecule has 2 aromatic rings. The summed E-state index contributed by atoms with van der Waals surface area (Å²) < 4.78 is 7.46. The summed E-state index contributed by atoms with van der Waals surface area (Å²) in [7, 11) is 1.74. The number of halogens is 1. The molecule has 0 radical (unpaired) electrons. The maximum Gasteiger partial charge on any atom is 0.272 e. The van der Waals surface area contributed by atoms with E-state index in [-0.39, 0.29) is 23.7 Å². The molecule has 4 rings (SSSR count). The molecule has 164 valence electrons. The van der Waals surface area contributed by atoms with Gasteiger partial charge in [-0.25, -0.2) is 4.68 Å². The smallest absolute Gasteiger partial charge is 0.272 e. The zero-order chi connectivity index (χ0) is 20.3. The van der Waals surface area contributed by atoms with Gasteiger partial charge in [-0.1, -0.05) is 19.1 Å². The predicted octanol–water partition coefficient (Wildman–Crippen LogP) is 3.09. The summed E-state index contributed by atoms with van der Waals surface area (Å²) in [5.74, 6) is -0.0545. The molecule has 1 aliphatic heterocycles. The van der Waals surface area contributed by atoms with Crippen LogP contribution in [0.15, 0.2) is 24.3 Å². The van der Waals surface area contributed by atoms with Crippen LogP contribution in [-0.4, -0.2) is 49.0 Å². The molecule has 0 atom stereocenters. The van der Waals surface area contributed by atoms with Gasteiger partial charge in [-0.2, -0.15) is 5.10 Å². The Balaban J connectivity index is 0.00000256. The number of benzene rings is 1. The molecule has 1 amide bonds. The van der Waals surface area contributed by atoms with Gasteiger partial charge in [-0.3, -0.25) is 4.79 Å². The summed E-state index contributed by atoms with van der Waals surface area (Å²) in [6.07, 6.45) is 6.03. The molecule has 7 heteroatoms. The zero-order valence-electron chi connectivity index (χ0n) is 18.0. The van der Waals surface area contributed by atoms with Crippen LogP contribution in [0.5, 0.6) is 0 Å². The second kappa shape index (κ2) is 9.94. The van der Waals surface area contributed by atoms with E-state index in [0.29, 0.717) is 18.8 Å². The second-order valence-electron chi connectivity index (χ2n) is 8.42. The average Bonchev–Trinajstić information content (AvgIpc) is 3.36. The van der Waals surface area contributed by atoms with Crippen LogP contribution in [0.1, 0.15) is 53.5 Å². The molecule has 6 nitrogen and oxygen atoms in total. The average molecular weight is 433 g/mol. The van der Waals surface area contributed by atoms with Crippen LogP contribution in [0.3, 0.4) is 0 Å². The maximum absolute atomic E-state index is 13.1. The molecule has 1 aliphatic carbocycles. The van der Waals surface area contributed by atoms with E-state index >= 15 is 0 Å². The topological polar surface area (TPSA) is 68.2 Å². The first-order valence-electron chi connectivity index (χ1n) is 10.8. The number of carbonyl (C=O) groups excluding carboxylic acids is 1. The van der Waals surface area contributed by atoms with Gasteiger partial charge in [0.2, 0.25) is 0 Å². The lowest BCUT2D eigenvalue weighted by Crippen LogP contribution is -2.47. The molecular weight excluding hydrogens is 400 g/mol.